The van der Waals surface area contributed by atoms with Crippen LogP contribution in [0.5, 0.6) is 0 Å². The fourth-order valence-electron chi connectivity index (χ4n) is 1.78. The Morgan fingerprint density at radius 3 is 2.11 bits per heavy atom. The van der Waals surface area contributed by atoms with Gasteiger partial charge in [-0.25, -0.2) is 0 Å². The van der Waals surface area contributed by atoms with Crippen molar-refractivity contribution in [2.45, 2.75) is 43.7 Å². The van der Waals surface area contributed by atoms with E-state index in [1.807, 2.05) is 51.1 Å². The summed E-state index contributed by atoms with van der Waals surface area (Å²) >= 11 is 3.46. The lowest BCUT2D eigenvalue weighted by molar-refractivity contribution is -0.161. The zero-order chi connectivity index (χ0) is 14.7. The van der Waals surface area contributed by atoms with E-state index in [0.717, 1.165) is 5.56 Å². The summed E-state index contributed by atoms with van der Waals surface area (Å²) in [5.74, 6) is -0.337. The van der Waals surface area contributed by atoms with Crippen LogP contribution >= 0.6 is 15.9 Å². The van der Waals surface area contributed by atoms with Crippen LogP contribution in [-0.4, -0.2) is 23.0 Å². The smallest absolute Gasteiger partial charge is 0.326 e. The average molecular weight is 329 g/mol. The highest BCUT2D eigenvalue weighted by molar-refractivity contribution is 9.10. The lowest BCUT2D eigenvalue weighted by Gasteiger charge is -2.32. The number of carbonyl (C=O) groups is 1. The van der Waals surface area contributed by atoms with Crippen molar-refractivity contribution in [3.8, 4) is 0 Å². The van der Waals surface area contributed by atoms with E-state index < -0.39 is 16.0 Å². The van der Waals surface area contributed by atoms with Gasteiger partial charge in [0.25, 0.3) is 0 Å². The largest absolute Gasteiger partial charge is 0.459 e. The van der Waals surface area contributed by atoms with Crippen LogP contribution in [-0.2, 0) is 14.3 Å². The molecule has 0 radical (unpaired) electrons. The lowest BCUT2D eigenvalue weighted by Crippen LogP contribution is -2.41. The van der Waals surface area contributed by atoms with Gasteiger partial charge in [0.15, 0.2) is 4.32 Å². The lowest BCUT2D eigenvalue weighted by atomic mass is 9.96. The van der Waals surface area contributed by atoms with Crippen LogP contribution in [0.2, 0.25) is 0 Å². The zero-order valence-corrected chi connectivity index (χ0v) is 13.7. The molecular formula is C15H21BrO3. The van der Waals surface area contributed by atoms with Gasteiger partial charge < -0.3 is 9.47 Å². The third-order valence-electron chi connectivity index (χ3n) is 2.63. The van der Waals surface area contributed by atoms with Gasteiger partial charge in [0, 0.05) is 7.11 Å². The molecule has 0 saturated heterocycles. The molecule has 0 aliphatic carbocycles. The Bertz CT molecular complexity index is 421. The van der Waals surface area contributed by atoms with E-state index in [9.17, 15) is 4.79 Å². The van der Waals surface area contributed by atoms with E-state index in [1.165, 1.54) is 0 Å². The van der Waals surface area contributed by atoms with Gasteiger partial charge in [-0.3, -0.25) is 4.79 Å². The van der Waals surface area contributed by atoms with Crippen LogP contribution in [0.3, 0.4) is 0 Å². The molecule has 4 heteroatoms. The summed E-state index contributed by atoms with van der Waals surface area (Å²) in [4.78, 5) is 12.3. The van der Waals surface area contributed by atoms with Gasteiger partial charge in [-0.2, -0.15) is 0 Å². The zero-order valence-electron chi connectivity index (χ0n) is 12.1. The number of methoxy groups -OCH3 is 1. The third-order valence-corrected chi connectivity index (χ3v) is 3.37. The molecule has 0 spiro atoms. The van der Waals surface area contributed by atoms with Crippen molar-refractivity contribution in [3.63, 3.8) is 0 Å². The molecule has 2 atom stereocenters. The normalized spacial score (nSPS) is 16.5. The van der Waals surface area contributed by atoms with Crippen LogP contribution in [0.25, 0.3) is 0 Å². The molecule has 0 unspecified atom stereocenters. The van der Waals surface area contributed by atoms with Crippen LogP contribution in [0.4, 0.5) is 0 Å². The quantitative estimate of drug-likeness (QED) is 0.621. The number of alkyl halides is 1. The third kappa shape index (κ3) is 4.32. The molecule has 0 saturated carbocycles. The number of hydrogen-bond acceptors (Lipinski definition) is 3. The minimum atomic E-state index is -0.934. The summed E-state index contributed by atoms with van der Waals surface area (Å²) in [5.41, 5.74) is 0.399. The van der Waals surface area contributed by atoms with Crippen LogP contribution in [0, 0.1) is 0 Å². The Hall–Kier alpha value is -0.870. The van der Waals surface area contributed by atoms with Crippen LogP contribution in [0.15, 0.2) is 30.3 Å². The monoisotopic (exact) mass is 328 g/mol. The predicted molar refractivity (Wildman–Crippen MR) is 79.4 cm³/mol. The summed E-state index contributed by atoms with van der Waals surface area (Å²) in [5, 5.41) is 0. The summed E-state index contributed by atoms with van der Waals surface area (Å²) in [6.45, 7) is 7.30. The van der Waals surface area contributed by atoms with Crippen molar-refractivity contribution in [2.75, 3.05) is 7.11 Å². The second kappa shape index (κ2) is 6.06. The SMILES string of the molecule is CO[C@H](c1ccccc1)[C@@](C)(Br)C(=O)OC(C)(C)C. The molecule has 0 heterocycles. The number of rotatable bonds is 4. The Morgan fingerprint density at radius 1 is 1.16 bits per heavy atom. The summed E-state index contributed by atoms with van der Waals surface area (Å²) in [6.07, 6.45) is -0.413. The van der Waals surface area contributed by atoms with Gasteiger partial charge in [0.05, 0.1) is 0 Å². The minimum absolute atomic E-state index is 0.337. The van der Waals surface area contributed by atoms with Crippen molar-refractivity contribution in [1.82, 2.24) is 0 Å². The van der Waals surface area contributed by atoms with Gasteiger partial charge in [0.2, 0.25) is 0 Å². The Balaban J connectivity index is 2.99. The topological polar surface area (TPSA) is 35.5 Å². The van der Waals surface area contributed by atoms with Crippen molar-refractivity contribution in [1.29, 1.82) is 0 Å². The highest BCUT2D eigenvalue weighted by Gasteiger charge is 2.43. The molecule has 0 bridgehead atoms. The van der Waals surface area contributed by atoms with E-state index in [-0.39, 0.29) is 5.97 Å². The number of esters is 1. The second-order valence-corrected chi connectivity index (χ2v) is 7.25. The molecule has 0 fully saturated rings. The number of hydrogen-bond donors (Lipinski definition) is 0. The van der Waals surface area contributed by atoms with Crippen LogP contribution < -0.4 is 0 Å². The maximum absolute atomic E-state index is 12.3. The molecule has 1 aromatic rings. The molecule has 0 amide bonds. The van der Waals surface area contributed by atoms with Gasteiger partial charge in [-0.05, 0) is 33.3 Å². The van der Waals surface area contributed by atoms with E-state index in [2.05, 4.69) is 15.9 Å². The first-order valence-corrected chi connectivity index (χ1v) is 6.98. The first kappa shape index (κ1) is 16.2. The minimum Gasteiger partial charge on any atom is -0.459 e. The number of benzene rings is 1. The Kier molecular flexibility index (Phi) is 5.16. The van der Waals surface area contributed by atoms with E-state index >= 15 is 0 Å². The summed E-state index contributed by atoms with van der Waals surface area (Å²) in [7, 11) is 1.58. The number of halogens is 1. The summed E-state index contributed by atoms with van der Waals surface area (Å²) < 4.78 is 10.00. The standard InChI is InChI=1S/C15H21BrO3/c1-14(2,3)19-13(17)15(4,16)12(18-5)11-9-7-6-8-10-11/h6-10,12H,1-5H3/t12-,15-/m1/s1. The fourth-order valence-corrected chi connectivity index (χ4v) is 2.32. The van der Waals surface area contributed by atoms with E-state index in [4.69, 9.17) is 9.47 Å². The second-order valence-electron chi connectivity index (χ2n) is 5.60. The molecular weight excluding hydrogens is 308 g/mol. The number of ether oxygens (including phenoxy) is 2. The molecule has 1 rings (SSSR count). The Labute approximate surface area is 123 Å². The van der Waals surface area contributed by atoms with Gasteiger partial charge in [-0.15, -0.1) is 0 Å². The van der Waals surface area contributed by atoms with Gasteiger partial charge >= 0.3 is 5.97 Å². The molecule has 106 valence electrons. The van der Waals surface area contributed by atoms with Crippen molar-refractivity contribution in [2.24, 2.45) is 0 Å². The number of carbonyl (C=O) groups excluding carboxylic acids is 1. The highest BCUT2D eigenvalue weighted by atomic mass is 79.9. The maximum atomic E-state index is 12.3. The van der Waals surface area contributed by atoms with Crippen molar-refractivity contribution >= 4 is 21.9 Å². The van der Waals surface area contributed by atoms with Gasteiger partial charge in [-0.1, -0.05) is 46.3 Å². The van der Waals surface area contributed by atoms with E-state index in [1.54, 1.807) is 14.0 Å². The summed E-state index contributed by atoms with van der Waals surface area (Å²) in [6, 6.07) is 9.62. The van der Waals surface area contributed by atoms with Crippen molar-refractivity contribution in [3.05, 3.63) is 35.9 Å². The first-order valence-electron chi connectivity index (χ1n) is 6.18. The Morgan fingerprint density at radius 2 is 1.68 bits per heavy atom. The predicted octanol–water partition coefficient (Wildman–Crippen LogP) is 3.87. The molecule has 0 aromatic heterocycles. The highest BCUT2D eigenvalue weighted by Crippen LogP contribution is 2.38. The molecule has 1 aromatic carbocycles. The molecule has 0 aliphatic rings. The van der Waals surface area contributed by atoms with E-state index in [0.29, 0.717) is 0 Å². The molecule has 0 aliphatic heterocycles. The molecule has 3 nitrogen and oxygen atoms in total. The fraction of sp³-hybridized carbons (Fsp3) is 0.533. The molecule has 19 heavy (non-hydrogen) atoms. The molecule has 0 N–H and O–H groups in total. The average Bonchev–Trinajstić information content (AvgIpc) is 2.28. The first-order chi connectivity index (χ1) is 8.68. The van der Waals surface area contributed by atoms with Crippen LogP contribution in [0.1, 0.15) is 39.4 Å². The van der Waals surface area contributed by atoms with Gasteiger partial charge in [0.1, 0.15) is 11.7 Å². The van der Waals surface area contributed by atoms with Crippen molar-refractivity contribution < 1.29 is 14.3 Å². The maximum Gasteiger partial charge on any atom is 0.326 e.